The van der Waals surface area contributed by atoms with E-state index in [-0.39, 0.29) is 22.7 Å². The Balaban J connectivity index is 1.37. The van der Waals surface area contributed by atoms with Gasteiger partial charge in [-0.1, -0.05) is 67.8 Å². The summed E-state index contributed by atoms with van der Waals surface area (Å²) in [4.78, 5) is 38.6. The number of nitrogens with zero attached hydrogens (tertiary/aromatic N) is 2. The standard InChI is InChI=1S/C37H39FN4O6S/c1-41(31-12-6-3-7-13-31)49(47,48)33-14-8-11-30(23-33)40-37(46)42(32-21-19-28(20-22-32)27-9-4-2-5-10-27)25-26-15-17-29(18-16-26)35(43)39-24-34(38)36(44)45/h3,6-8,11-23,27,34H,2,4-5,9-10,24-25H2,1H3,(H,39,43)(H,40,46)(H,44,45). The molecule has 256 valence electrons. The van der Waals surface area contributed by atoms with Crippen molar-refractivity contribution in [3.63, 3.8) is 0 Å². The second-order valence-electron chi connectivity index (χ2n) is 12.0. The minimum absolute atomic E-state index is 0.0105. The van der Waals surface area contributed by atoms with Gasteiger partial charge in [0.15, 0.2) is 0 Å². The average Bonchev–Trinajstić information content (AvgIpc) is 3.13. The fraction of sp³-hybridized carbons (Fsp3) is 0.270. The van der Waals surface area contributed by atoms with Gasteiger partial charge < -0.3 is 15.7 Å². The Bertz CT molecular complexity index is 1870. The van der Waals surface area contributed by atoms with E-state index in [4.69, 9.17) is 5.11 Å². The lowest BCUT2D eigenvalue weighted by Gasteiger charge is -2.26. The van der Waals surface area contributed by atoms with Gasteiger partial charge >= 0.3 is 12.0 Å². The summed E-state index contributed by atoms with van der Waals surface area (Å²) in [6.07, 6.45) is 3.67. The van der Waals surface area contributed by atoms with Crippen LogP contribution in [0.5, 0.6) is 0 Å². The molecule has 4 aromatic rings. The molecule has 4 aromatic carbocycles. The van der Waals surface area contributed by atoms with Crippen LogP contribution in [0.1, 0.15) is 59.5 Å². The average molecular weight is 687 g/mol. The first kappa shape index (κ1) is 35.1. The lowest BCUT2D eigenvalue weighted by Crippen LogP contribution is -2.35. The zero-order chi connectivity index (χ0) is 35.0. The number of aliphatic carboxylic acids is 1. The molecule has 12 heteroatoms. The molecule has 3 amide bonds. The normalized spacial score (nSPS) is 14.0. The molecule has 0 aromatic heterocycles. The van der Waals surface area contributed by atoms with Crippen molar-refractivity contribution < 1.29 is 32.3 Å². The van der Waals surface area contributed by atoms with Crippen molar-refractivity contribution in [3.05, 3.63) is 120 Å². The van der Waals surface area contributed by atoms with Crippen LogP contribution in [0.3, 0.4) is 0 Å². The van der Waals surface area contributed by atoms with Crippen molar-refractivity contribution in [3.8, 4) is 0 Å². The second kappa shape index (κ2) is 15.8. The number of sulfonamides is 1. The number of nitrogens with one attached hydrogen (secondary N) is 2. The number of benzene rings is 4. The molecule has 0 saturated heterocycles. The van der Waals surface area contributed by atoms with Gasteiger partial charge in [-0.05, 0) is 84.5 Å². The molecule has 10 nitrogen and oxygen atoms in total. The van der Waals surface area contributed by atoms with Crippen molar-refractivity contribution in [1.82, 2.24) is 5.32 Å². The third kappa shape index (κ3) is 8.82. The molecular formula is C37H39FN4O6S. The molecule has 0 spiro atoms. The van der Waals surface area contributed by atoms with E-state index in [0.717, 1.165) is 12.8 Å². The zero-order valence-corrected chi connectivity index (χ0v) is 27.9. The molecule has 49 heavy (non-hydrogen) atoms. The molecule has 1 aliphatic carbocycles. The van der Waals surface area contributed by atoms with Crippen LogP contribution in [0.15, 0.2) is 108 Å². The maximum Gasteiger partial charge on any atom is 0.340 e. The Hall–Kier alpha value is -5.23. The molecule has 0 heterocycles. The maximum atomic E-state index is 13.9. The molecule has 1 atom stereocenters. The number of hydrogen-bond acceptors (Lipinski definition) is 5. The van der Waals surface area contributed by atoms with Crippen molar-refractivity contribution in [2.45, 2.75) is 55.6 Å². The first-order chi connectivity index (χ1) is 23.5. The molecule has 0 aliphatic heterocycles. The highest BCUT2D eigenvalue weighted by molar-refractivity contribution is 7.92. The second-order valence-corrected chi connectivity index (χ2v) is 14.0. The number of alkyl halides is 1. The number of anilines is 3. The number of hydrogen-bond donors (Lipinski definition) is 3. The van der Waals surface area contributed by atoms with Crippen LogP contribution < -0.4 is 19.8 Å². The number of carbonyl (C=O) groups excluding carboxylic acids is 2. The van der Waals surface area contributed by atoms with Crippen LogP contribution in [-0.2, 0) is 21.4 Å². The van der Waals surface area contributed by atoms with Crippen LogP contribution >= 0.6 is 0 Å². The lowest BCUT2D eigenvalue weighted by molar-refractivity contribution is -0.142. The lowest BCUT2D eigenvalue weighted by atomic mass is 9.84. The van der Waals surface area contributed by atoms with Gasteiger partial charge in [0.05, 0.1) is 23.7 Å². The fourth-order valence-corrected chi connectivity index (χ4v) is 7.06. The molecule has 0 bridgehead atoms. The number of carbonyl (C=O) groups is 3. The van der Waals surface area contributed by atoms with E-state index in [2.05, 4.69) is 10.6 Å². The maximum absolute atomic E-state index is 13.9. The predicted octanol–water partition coefficient (Wildman–Crippen LogP) is 6.95. The Kier molecular flexibility index (Phi) is 11.3. The number of carboxylic acid groups (broad SMARTS) is 1. The minimum Gasteiger partial charge on any atom is -0.479 e. The van der Waals surface area contributed by atoms with Crippen LogP contribution in [-0.4, -0.2) is 51.2 Å². The van der Waals surface area contributed by atoms with E-state index in [1.54, 1.807) is 54.6 Å². The van der Waals surface area contributed by atoms with E-state index < -0.39 is 40.6 Å². The smallest absolute Gasteiger partial charge is 0.340 e. The van der Waals surface area contributed by atoms with Crippen molar-refractivity contribution in [2.75, 3.05) is 28.1 Å². The fourth-order valence-electron chi connectivity index (χ4n) is 5.82. The molecule has 1 saturated carbocycles. The number of para-hydroxylation sites is 1. The monoisotopic (exact) mass is 686 g/mol. The SMILES string of the molecule is CN(c1ccccc1)S(=O)(=O)c1cccc(NC(=O)N(Cc2ccc(C(=O)NCC(F)C(=O)O)cc2)c2ccc(C3CCCCC3)cc2)c1. The topological polar surface area (TPSA) is 136 Å². The molecule has 0 radical (unpaired) electrons. The Morgan fingerprint density at radius 1 is 0.857 bits per heavy atom. The molecular weight excluding hydrogens is 647 g/mol. The largest absolute Gasteiger partial charge is 0.479 e. The van der Waals surface area contributed by atoms with E-state index >= 15 is 0 Å². The highest BCUT2D eigenvalue weighted by Gasteiger charge is 2.24. The quantitative estimate of drug-likeness (QED) is 0.148. The number of urea groups is 1. The van der Waals surface area contributed by atoms with E-state index in [0.29, 0.717) is 22.9 Å². The van der Waals surface area contributed by atoms with Crippen molar-refractivity contribution >= 4 is 45.0 Å². The summed E-state index contributed by atoms with van der Waals surface area (Å²) in [6, 6.07) is 28.5. The Morgan fingerprint density at radius 2 is 1.53 bits per heavy atom. The van der Waals surface area contributed by atoms with Crippen LogP contribution in [0.4, 0.5) is 26.2 Å². The molecule has 5 rings (SSSR count). The summed E-state index contributed by atoms with van der Waals surface area (Å²) in [5.74, 6) is -1.81. The van der Waals surface area contributed by atoms with E-state index in [1.807, 2.05) is 24.3 Å². The molecule has 1 aliphatic rings. The van der Waals surface area contributed by atoms with Crippen LogP contribution in [0.2, 0.25) is 0 Å². The Morgan fingerprint density at radius 3 is 2.18 bits per heavy atom. The number of rotatable bonds is 12. The first-order valence-electron chi connectivity index (χ1n) is 16.1. The molecule has 1 fully saturated rings. The van der Waals surface area contributed by atoms with E-state index in [1.165, 1.54) is 65.3 Å². The highest BCUT2D eigenvalue weighted by Crippen LogP contribution is 2.34. The Labute approximate surface area is 285 Å². The summed E-state index contributed by atoms with van der Waals surface area (Å²) >= 11 is 0. The van der Waals surface area contributed by atoms with Crippen LogP contribution in [0, 0.1) is 0 Å². The summed E-state index contributed by atoms with van der Waals surface area (Å²) < 4.78 is 41.5. The van der Waals surface area contributed by atoms with Gasteiger partial charge in [-0.15, -0.1) is 0 Å². The number of halogens is 1. The summed E-state index contributed by atoms with van der Waals surface area (Å²) in [5.41, 5.74) is 3.50. The number of amides is 3. The number of carboxylic acids is 1. The van der Waals surface area contributed by atoms with Gasteiger partial charge in [0.25, 0.3) is 15.9 Å². The summed E-state index contributed by atoms with van der Waals surface area (Å²) in [6.45, 7) is -0.553. The molecule has 1 unspecified atom stereocenters. The van der Waals surface area contributed by atoms with Gasteiger partial charge in [0.1, 0.15) is 0 Å². The highest BCUT2D eigenvalue weighted by atomic mass is 32.2. The van der Waals surface area contributed by atoms with Gasteiger partial charge in [-0.25, -0.2) is 22.4 Å². The van der Waals surface area contributed by atoms with Gasteiger partial charge in [0, 0.05) is 24.0 Å². The first-order valence-corrected chi connectivity index (χ1v) is 17.5. The molecule has 3 N–H and O–H groups in total. The summed E-state index contributed by atoms with van der Waals surface area (Å²) in [5, 5.41) is 13.8. The van der Waals surface area contributed by atoms with Crippen molar-refractivity contribution in [2.24, 2.45) is 0 Å². The van der Waals surface area contributed by atoms with E-state index in [9.17, 15) is 27.2 Å². The third-order valence-electron chi connectivity index (χ3n) is 8.66. The van der Waals surface area contributed by atoms with Gasteiger partial charge in [-0.3, -0.25) is 14.0 Å². The zero-order valence-electron chi connectivity index (χ0n) is 27.1. The summed E-state index contributed by atoms with van der Waals surface area (Å²) in [7, 11) is -2.46. The predicted molar refractivity (Wildman–Crippen MR) is 187 cm³/mol. The van der Waals surface area contributed by atoms with Gasteiger partial charge in [-0.2, -0.15) is 0 Å². The van der Waals surface area contributed by atoms with Crippen LogP contribution in [0.25, 0.3) is 0 Å². The third-order valence-corrected chi connectivity index (χ3v) is 10.4. The van der Waals surface area contributed by atoms with Crippen molar-refractivity contribution in [1.29, 1.82) is 0 Å². The van der Waals surface area contributed by atoms with Gasteiger partial charge in [0.2, 0.25) is 6.17 Å². The minimum atomic E-state index is -3.93.